The van der Waals surface area contributed by atoms with Crippen LogP contribution in [0.4, 0.5) is 0 Å². The molecule has 1 aromatic rings. The van der Waals surface area contributed by atoms with Gasteiger partial charge in [-0.25, -0.2) is 0 Å². The second kappa shape index (κ2) is 3.61. The number of rotatable bonds is 1. The van der Waals surface area contributed by atoms with Crippen molar-refractivity contribution < 1.29 is 9.90 Å². The summed E-state index contributed by atoms with van der Waals surface area (Å²) in [7, 11) is 0. The first-order valence-corrected chi connectivity index (χ1v) is 5.55. The lowest BCUT2D eigenvalue weighted by molar-refractivity contribution is -0.0669. The number of likely N-dealkylation sites (tertiary alicyclic amines) is 1. The van der Waals surface area contributed by atoms with Gasteiger partial charge in [-0.15, -0.1) is 0 Å². The van der Waals surface area contributed by atoms with E-state index in [1.54, 1.807) is 17.9 Å². The molecule has 80 valence electrons. The van der Waals surface area contributed by atoms with Crippen molar-refractivity contribution in [1.29, 1.82) is 0 Å². The van der Waals surface area contributed by atoms with E-state index in [0.717, 1.165) is 4.47 Å². The maximum Gasteiger partial charge on any atom is 0.255 e. The molecule has 15 heavy (non-hydrogen) atoms. The Labute approximate surface area is 96.8 Å². The van der Waals surface area contributed by atoms with Gasteiger partial charge in [0.25, 0.3) is 5.91 Å². The highest BCUT2D eigenvalue weighted by Gasteiger charge is 2.39. The molecule has 2 rings (SSSR count). The van der Waals surface area contributed by atoms with Crippen LogP contribution in [0.2, 0.25) is 0 Å². The van der Waals surface area contributed by atoms with E-state index in [-0.39, 0.29) is 5.91 Å². The predicted molar refractivity (Wildman–Crippen MR) is 60.7 cm³/mol. The van der Waals surface area contributed by atoms with E-state index in [9.17, 15) is 9.90 Å². The summed E-state index contributed by atoms with van der Waals surface area (Å²) in [5, 5.41) is 9.54. The molecule has 1 aliphatic heterocycles. The van der Waals surface area contributed by atoms with Gasteiger partial charge >= 0.3 is 0 Å². The van der Waals surface area contributed by atoms with Crippen LogP contribution in [0.5, 0.6) is 0 Å². The Morgan fingerprint density at radius 3 is 2.60 bits per heavy atom. The van der Waals surface area contributed by atoms with Crippen LogP contribution in [0.3, 0.4) is 0 Å². The largest absolute Gasteiger partial charge is 0.386 e. The van der Waals surface area contributed by atoms with Gasteiger partial charge in [0.15, 0.2) is 0 Å². The van der Waals surface area contributed by atoms with Crippen molar-refractivity contribution in [2.45, 2.75) is 12.5 Å². The van der Waals surface area contributed by atoms with Gasteiger partial charge in [-0.05, 0) is 35.0 Å². The van der Waals surface area contributed by atoms with Gasteiger partial charge in [-0.2, -0.15) is 0 Å². The van der Waals surface area contributed by atoms with E-state index in [4.69, 9.17) is 0 Å². The number of carbonyl (C=O) groups is 1. The molecule has 4 heteroatoms. The molecule has 3 nitrogen and oxygen atoms in total. The number of hydrogen-bond acceptors (Lipinski definition) is 2. The van der Waals surface area contributed by atoms with Gasteiger partial charge in [0.1, 0.15) is 0 Å². The molecule has 0 aromatic heterocycles. The van der Waals surface area contributed by atoms with E-state index < -0.39 is 5.60 Å². The highest BCUT2D eigenvalue weighted by atomic mass is 79.9. The van der Waals surface area contributed by atoms with E-state index >= 15 is 0 Å². The fourth-order valence-electron chi connectivity index (χ4n) is 1.72. The summed E-state index contributed by atoms with van der Waals surface area (Å²) in [6.45, 7) is 2.55. The van der Waals surface area contributed by atoms with Gasteiger partial charge in [-0.1, -0.05) is 12.1 Å². The zero-order valence-electron chi connectivity index (χ0n) is 8.40. The Balaban J connectivity index is 2.14. The number of carbonyl (C=O) groups excluding carboxylic acids is 1. The molecule has 0 unspecified atom stereocenters. The first-order chi connectivity index (χ1) is 6.99. The predicted octanol–water partition coefficient (Wildman–Crippen LogP) is 1.66. The Morgan fingerprint density at radius 1 is 1.47 bits per heavy atom. The third-order valence-corrected chi connectivity index (χ3v) is 3.15. The minimum absolute atomic E-state index is 0.0333. The van der Waals surface area contributed by atoms with Crippen molar-refractivity contribution >= 4 is 21.8 Å². The van der Waals surface area contributed by atoms with Crippen molar-refractivity contribution in [3.05, 3.63) is 34.3 Å². The normalized spacial score (nSPS) is 18.5. The average molecular weight is 270 g/mol. The maximum atomic E-state index is 11.9. The third kappa shape index (κ3) is 2.06. The Hall–Kier alpha value is -0.870. The Bertz CT molecular complexity index is 395. The van der Waals surface area contributed by atoms with Crippen LogP contribution in [0, 0.1) is 0 Å². The van der Waals surface area contributed by atoms with E-state index in [1.165, 1.54) is 0 Å². The van der Waals surface area contributed by atoms with Gasteiger partial charge in [0.05, 0.1) is 24.3 Å². The fraction of sp³-hybridized carbons (Fsp3) is 0.364. The fourth-order valence-corrected chi connectivity index (χ4v) is 2.18. The average Bonchev–Trinajstić information content (AvgIpc) is 2.14. The molecule has 1 saturated heterocycles. The number of halogens is 1. The van der Waals surface area contributed by atoms with Crippen LogP contribution < -0.4 is 0 Å². The van der Waals surface area contributed by atoms with Crippen LogP contribution in [-0.2, 0) is 0 Å². The minimum Gasteiger partial charge on any atom is -0.386 e. The van der Waals surface area contributed by atoms with Crippen molar-refractivity contribution in [1.82, 2.24) is 4.90 Å². The molecule has 0 bridgehead atoms. The van der Waals surface area contributed by atoms with Crippen molar-refractivity contribution in [2.75, 3.05) is 13.1 Å². The third-order valence-electron chi connectivity index (χ3n) is 2.45. The van der Waals surface area contributed by atoms with E-state index in [0.29, 0.717) is 18.7 Å². The Kier molecular flexibility index (Phi) is 2.56. The maximum absolute atomic E-state index is 11.9. The van der Waals surface area contributed by atoms with Crippen LogP contribution in [0.1, 0.15) is 17.3 Å². The molecule has 0 aliphatic carbocycles. The SMILES string of the molecule is CC1(O)CN(C(=O)c2ccccc2Br)C1. The minimum atomic E-state index is -0.711. The van der Waals surface area contributed by atoms with Crippen molar-refractivity contribution in [3.63, 3.8) is 0 Å². The highest BCUT2D eigenvalue weighted by Crippen LogP contribution is 2.25. The van der Waals surface area contributed by atoms with Gasteiger partial charge in [0.2, 0.25) is 0 Å². The summed E-state index contributed by atoms with van der Waals surface area (Å²) in [5.41, 5.74) is -0.0651. The summed E-state index contributed by atoms with van der Waals surface area (Å²) >= 11 is 3.34. The summed E-state index contributed by atoms with van der Waals surface area (Å²) in [6, 6.07) is 7.31. The van der Waals surface area contributed by atoms with E-state index in [1.807, 2.05) is 18.2 Å². The molecule has 1 aliphatic rings. The molecule has 1 N–H and O–H groups in total. The van der Waals surface area contributed by atoms with Crippen molar-refractivity contribution in [2.24, 2.45) is 0 Å². The first-order valence-electron chi connectivity index (χ1n) is 4.76. The summed E-state index contributed by atoms with van der Waals surface area (Å²) in [4.78, 5) is 13.6. The van der Waals surface area contributed by atoms with Crippen LogP contribution in [-0.4, -0.2) is 34.6 Å². The molecule has 0 saturated carbocycles. The molecule has 1 fully saturated rings. The summed E-state index contributed by atoms with van der Waals surface area (Å²) in [6.07, 6.45) is 0. The topological polar surface area (TPSA) is 40.5 Å². The summed E-state index contributed by atoms with van der Waals surface area (Å²) < 4.78 is 0.793. The number of amides is 1. The highest BCUT2D eigenvalue weighted by molar-refractivity contribution is 9.10. The molecular weight excluding hydrogens is 258 g/mol. The second-order valence-corrected chi connectivity index (χ2v) is 4.99. The second-order valence-electron chi connectivity index (χ2n) is 4.14. The van der Waals surface area contributed by atoms with Crippen molar-refractivity contribution in [3.8, 4) is 0 Å². The molecule has 1 heterocycles. The Morgan fingerprint density at radius 2 is 2.07 bits per heavy atom. The number of aliphatic hydroxyl groups is 1. The number of β-amino-alcohol motifs (C(OH)–C–C–N with tert-alkyl or cyclic N) is 1. The standard InChI is InChI=1S/C11H12BrNO2/c1-11(15)6-13(7-11)10(14)8-4-2-3-5-9(8)12/h2-5,15H,6-7H2,1H3. The molecule has 0 atom stereocenters. The lowest BCUT2D eigenvalue weighted by Crippen LogP contribution is -2.61. The zero-order chi connectivity index (χ0) is 11.1. The lowest BCUT2D eigenvalue weighted by Gasteiger charge is -2.44. The van der Waals surface area contributed by atoms with Gasteiger partial charge < -0.3 is 10.0 Å². The zero-order valence-corrected chi connectivity index (χ0v) is 9.99. The molecule has 0 spiro atoms. The van der Waals surface area contributed by atoms with E-state index in [2.05, 4.69) is 15.9 Å². The summed E-state index contributed by atoms with van der Waals surface area (Å²) in [5.74, 6) is -0.0333. The smallest absolute Gasteiger partial charge is 0.255 e. The van der Waals surface area contributed by atoms with Gasteiger partial charge in [-0.3, -0.25) is 4.79 Å². The number of benzene rings is 1. The monoisotopic (exact) mass is 269 g/mol. The molecule has 1 amide bonds. The number of hydrogen-bond donors (Lipinski definition) is 1. The van der Waals surface area contributed by atoms with Crippen LogP contribution >= 0.6 is 15.9 Å². The quantitative estimate of drug-likeness (QED) is 0.843. The molecule has 1 aromatic carbocycles. The van der Waals surface area contributed by atoms with Gasteiger partial charge in [0, 0.05) is 4.47 Å². The molecular formula is C11H12BrNO2. The number of nitrogens with zero attached hydrogens (tertiary/aromatic N) is 1. The first kappa shape index (κ1) is 10.6. The van der Waals surface area contributed by atoms with Crippen LogP contribution in [0.25, 0.3) is 0 Å². The van der Waals surface area contributed by atoms with Crippen LogP contribution in [0.15, 0.2) is 28.7 Å². The molecule has 0 radical (unpaired) electrons. The lowest BCUT2D eigenvalue weighted by atomic mass is 9.96.